The smallest absolute Gasteiger partial charge is 0.444 e. The number of nitrogen functional groups attached to an aromatic ring is 1. The van der Waals surface area contributed by atoms with Gasteiger partial charge in [0, 0.05) is 18.1 Å². The first kappa shape index (κ1) is 27.9. The highest BCUT2D eigenvalue weighted by Gasteiger charge is 2.42. The van der Waals surface area contributed by atoms with Crippen LogP contribution in [-0.4, -0.2) is 44.5 Å². The van der Waals surface area contributed by atoms with E-state index in [4.69, 9.17) is 22.1 Å². The Balaban J connectivity index is 1.90. The van der Waals surface area contributed by atoms with E-state index in [1.54, 1.807) is 45.0 Å². The van der Waals surface area contributed by atoms with Crippen LogP contribution in [0.5, 0.6) is 5.75 Å². The van der Waals surface area contributed by atoms with E-state index in [-0.39, 0.29) is 30.8 Å². The number of hydrogen-bond acceptors (Lipinski definition) is 6. The van der Waals surface area contributed by atoms with E-state index in [2.05, 4.69) is 9.46 Å². The number of likely N-dealkylation sites (tertiary alicyclic amines) is 1. The summed E-state index contributed by atoms with van der Waals surface area (Å²) in [6, 6.07) is 9.32. The van der Waals surface area contributed by atoms with Gasteiger partial charge in [-0.25, -0.2) is 17.9 Å². The molecule has 1 amide bonds. The molecule has 1 saturated heterocycles. The second kappa shape index (κ2) is 9.98. The van der Waals surface area contributed by atoms with Crippen molar-refractivity contribution in [2.24, 2.45) is 0 Å². The van der Waals surface area contributed by atoms with Gasteiger partial charge in [0.2, 0.25) is 10.0 Å². The van der Waals surface area contributed by atoms with E-state index >= 15 is 0 Å². The van der Waals surface area contributed by atoms with Crippen molar-refractivity contribution in [2.75, 3.05) is 18.8 Å². The van der Waals surface area contributed by atoms with Crippen LogP contribution in [0, 0.1) is 0 Å². The van der Waals surface area contributed by atoms with Crippen molar-refractivity contribution < 1.29 is 35.9 Å². The van der Waals surface area contributed by atoms with Crippen LogP contribution in [0.15, 0.2) is 47.4 Å². The first-order valence-electron chi connectivity index (χ1n) is 10.9. The van der Waals surface area contributed by atoms with Gasteiger partial charge >= 0.3 is 12.5 Å². The number of halogens is 4. The molecule has 1 aliphatic rings. The molecule has 0 saturated carbocycles. The molecule has 0 aromatic heterocycles. The number of hydrogen-bond donors (Lipinski definition) is 2. The Morgan fingerprint density at radius 3 is 2.17 bits per heavy atom. The molecule has 2 aromatic rings. The van der Waals surface area contributed by atoms with E-state index in [9.17, 15) is 26.4 Å². The number of anilines is 1. The molecule has 13 heteroatoms. The summed E-state index contributed by atoms with van der Waals surface area (Å²) in [6.45, 7) is 5.63. The molecule has 8 nitrogen and oxygen atoms in total. The van der Waals surface area contributed by atoms with Crippen molar-refractivity contribution in [1.29, 1.82) is 0 Å². The number of benzene rings is 2. The summed E-state index contributed by atoms with van der Waals surface area (Å²) in [5.74, 6) is -0.709. The molecular formula is C23H27ClF3N3O5S. The van der Waals surface area contributed by atoms with Gasteiger partial charge < -0.3 is 20.1 Å². The minimum absolute atomic E-state index is 0.195. The molecule has 3 rings (SSSR count). The molecule has 1 aliphatic heterocycles. The molecule has 1 fully saturated rings. The highest BCUT2D eigenvalue weighted by atomic mass is 35.5. The Kier molecular flexibility index (Phi) is 7.73. The van der Waals surface area contributed by atoms with Crippen molar-refractivity contribution in [3.05, 3.63) is 53.1 Å². The van der Waals surface area contributed by atoms with Gasteiger partial charge in [-0.15, -0.1) is 13.2 Å². The third kappa shape index (κ3) is 6.95. The van der Waals surface area contributed by atoms with Crippen molar-refractivity contribution in [2.45, 2.75) is 56.0 Å². The molecule has 0 aliphatic carbocycles. The zero-order valence-electron chi connectivity index (χ0n) is 19.9. The van der Waals surface area contributed by atoms with Gasteiger partial charge in [-0.3, -0.25) is 0 Å². The quantitative estimate of drug-likeness (QED) is 0.506. The molecule has 36 heavy (non-hydrogen) atoms. The number of alkyl halides is 3. The zero-order valence-corrected chi connectivity index (χ0v) is 21.4. The zero-order chi connectivity index (χ0) is 26.9. The molecule has 0 spiro atoms. The second-order valence-corrected chi connectivity index (χ2v) is 11.5. The molecule has 3 N–H and O–H groups in total. The fourth-order valence-electron chi connectivity index (χ4n) is 3.84. The number of carbonyl (C=O) groups excluding carboxylic acids is 1. The third-order valence-corrected chi connectivity index (χ3v) is 7.30. The number of ether oxygens (including phenoxy) is 2. The molecular weight excluding hydrogens is 523 g/mol. The molecule has 198 valence electrons. The predicted octanol–water partition coefficient (Wildman–Crippen LogP) is 5.03. The first-order chi connectivity index (χ1) is 16.5. The number of rotatable bonds is 5. The SMILES string of the molecule is CC(C)(C)OC(=O)N1CCC(NS(=O)(=O)c2ccc(OC(F)(F)F)c(N)c2)(c2ccc(Cl)cc2)CC1. The van der Waals surface area contributed by atoms with Crippen LogP contribution < -0.4 is 15.2 Å². The lowest BCUT2D eigenvalue weighted by Gasteiger charge is -2.42. The summed E-state index contributed by atoms with van der Waals surface area (Å²) in [7, 11) is -4.26. The van der Waals surface area contributed by atoms with Crippen molar-refractivity contribution >= 4 is 33.4 Å². The summed E-state index contributed by atoms with van der Waals surface area (Å²) in [6.07, 6.45) is -5.08. The minimum atomic E-state index is -4.98. The molecule has 0 atom stereocenters. The molecule has 0 unspecified atom stereocenters. The van der Waals surface area contributed by atoms with Crippen LogP contribution in [0.1, 0.15) is 39.2 Å². The van der Waals surface area contributed by atoms with Gasteiger partial charge in [-0.1, -0.05) is 23.7 Å². The van der Waals surface area contributed by atoms with Crippen LogP contribution in [0.3, 0.4) is 0 Å². The number of nitrogens with one attached hydrogen (secondary N) is 1. The normalized spacial score (nSPS) is 16.5. The van der Waals surface area contributed by atoms with Gasteiger partial charge in [0.05, 0.1) is 16.1 Å². The van der Waals surface area contributed by atoms with Crippen molar-refractivity contribution in [1.82, 2.24) is 9.62 Å². The molecule has 0 radical (unpaired) electrons. The largest absolute Gasteiger partial charge is 0.573 e. The van der Waals surface area contributed by atoms with E-state index < -0.39 is 45.1 Å². The number of piperidine rings is 1. The van der Waals surface area contributed by atoms with Crippen molar-refractivity contribution in [3.63, 3.8) is 0 Å². The van der Waals surface area contributed by atoms with E-state index in [0.29, 0.717) is 10.6 Å². The lowest BCUT2D eigenvalue weighted by molar-refractivity contribution is -0.274. The monoisotopic (exact) mass is 549 g/mol. The highest BCUT2D eigenvalue weighted by Crippen LogP contribution is 2.37. The summed E-state index contributed by atoms with van der Waals surface area (Å²) in [5.41, 5.74) is 3.94. The number of carbonyl (C=O) groups is 1. The summed E-state index contributed by atoms with van der Waals surface area (Å²) < 4.78 is 76.3. The molecule has 1 heterocycles. The Morgan fingerprint density at radius 1 is 1.08 bits per heavy atom. The fraction of sp³-hybridized carbons (Fsp3) is 0.435. The van der Waals surface area contributed by atoms with Crippen LogP contribution in [0.2, 0.25) is 5.02 Å². The standard InChI is InChI=1S/C23H27ClF3N3O5S/c1-21(2,3)35-20(31)30-12-10-22(11-13-30,15-4-6-16(24)7-5-15)29-36(32,33)17-8-9-19(18(28)14-17)34-23(25,26)27/h4-9,14,29H,10-13,28H2,1-3H3. The Hall–Kier alpha value is -2.70. The lowest BCUT2D eigenvalue weighted by atomic mass is 9.82. The van der Waals surface area contributed by atoms with Gasteiger partial charge in [0.15, 0.2) is 5.75 Å². The second-order valence-electron chi connectivity index (χ2n) is 9.41. The maximum absolute atomic E-state index is 13.3. The average Bonchev–Trinajstić information content (AvgIpc) is 2.73. The van der Waals surface area contributed by atoms with E-state index in [1.165, 1.54) is 4.90 Å². The fourth-order valence-corrected chi connectivity index (χ4v) is 5.45. The number of sulfonamides is 1. The third-order valence-electron chi connectivity index (χ3n) is 5.51. The van der Waals surface area contributed by atoms with E-state index in [0.717, 1.165) is 18.2 Å². The Morgan fingerprint density at radius 2 is 1.67 bits per heavy atom. The lowest BCUT2D eigenvalue weighted by Crippen LogP contribution is -2.54. The Bertz CT molecular complexity index is 1210. The minimum Gasteiger partial charge on any atom is -0.444 e. The average molecular weight is 550 g/mol. The number of nitrogens with zero attached hydrogens (tertiary/aromatic N) is 1. The maximum atomic E-state index is 13.3. The van der Waals surface area contributed by atoms with Crippen LogP contribution in [0.4, 0.5) is 23.7 Å². The van der Waals surface area contributed by atoms with Gasteiger partial charge in [0.1, 0.15) is 5.60 Å². The number of amides is 1. The topological polar surface area (TPSA) is 111 Å². The summed E-state index contributed by atoms with van der Waals surface area (Å²) >= 11 is 6.02. The van der Waals surface area contributed by atoms with Crippen LogP contribution in [-0.2, 0) is 20.3 Å². The van der Waals surface area contributed by atoms with E-state index in [1.807, 2.05) is 0 Å². The summed E-state index contributed by atoms with van der Waals surface area (Å²) in [5, 5.41) is 0.455. The predicted molar refractivity (Wildman–Crippen MR) is 128 cm³/mol. The Labute approximate surface area is 212 Å². The highest BCUT2D eigenvalue weighted by molar-refractivity contribution is 7.89. The molecule has 0 bridgehead atoms. The van der Waals surface area contributed by atoms with Gasteiger partial charge in [-0.2, -0.15) is 0 Å². The van der Waals surface area contributed by atoms with Crippen LogP contribution in [0.25, 0.3) is 0 Å². The molecule has 2 aromatic carbocycles. The maximum Gasteiger partial charge on any atom is 0.573 e. The van der Waals surface area contributed by atoms with Crippen LogP contribution >= 0.6 is 11.6 Å². The van der Waals surface area contributed by atoms with Crippen molar-refractivity contribution in [3.8, 4) is 5.75 Å². The van der Waals surface area contributed by atoms with Gasteiger partial charge in [-0.05, 0) is 69.5 Å². The van der Waals surface area contributed by atoms with Gasteiger partial charge in [0.25, 0.3) is 0 Å². The first-order valence-corrected chi connectivity index (χ1v) is 12.8. The summed E-state index contributed by atoms with van der Waals surface area (Å²) in [4.78, 5) is 13.7. The number of nitrogens with two attached hydrogens (primary N) is 1.